The Kier molecular flexibility index (Phi) is 3.84. The number of hydrogen-bond acceptors (Lipinski definition) is 2. The van der Waals surface area contributed by atoms with Crippen LogP contribution in [0.15, 0.2) is 0 Å². The fraction of sp³-hybridized carbons (Fsp3) is 0.909. The van der Waals surface area contributed by atoms with Crippen LogP contribution < -0.4 is 0 Å². The lowest BCUT2D eigenvalue weighted by Gasteiger charge is -2.33. The van der Waals surface area contributed by atoms with Gasteiger partial charge >= 0.3 is 6.03 Å². The monoisotopic (exact) mass is 244 g/mol. The molecule has 2 aliphatic rings. The third-order valence-corrected chi connectivity index (χ3v) is 4.90. The van der Waals surface area contributed by atoms with Gasteiger partial charge in [0.05, 0.1) is 0 Å². The van der Waals surface area contributed by atoms with E-state index in [1.807, 2.05) is 16.8 Å². The minimum absolute atomic E-state index is 0.128. The topological polar surface area (TPSA) is 40.6 Å². The van der Waals surface area contributed by atoms with E-state index in [0.29, 0.717) is 30.6 Å². The minimum atomic E-state index is -0.705. The van der Waals surface area contributed by atoms with Gasteiger partial charge in [0.15, 0.2) is 0 Å². The largest absolute Gasteiger partial charge is 0.325 e. The number of amides is 2. The summed E-state index contributed by atoms with van der Waals surface area (Å²) in [4.78, 5) is 15.9. The number of nitrogens with zero attached hydrogens (tertiary/aromatic N) is 2. The van der Waals surface area contributed by atoms with E-state index >= 15 is 0 Å². The summed E-state index contributed by atoms with van der Waals surface area (Å²) in [5, 5.41) is 0. The molecule has 4 nitrogen and oxygen atoms in total. The van der Waals surface area contributed by atoms with Gasteiger partial charge in [-0.3, -0.25) is 4.21 Å². The van der Waals surface area contributed by atoms with Crippen molar-refractivity contribution in [2.24, 2.45) is 0 Å². The molecule has 0 N–H and O–H groups in total. The highest BCUT2D eigenvalue weighted by Crippen LogP contribution is 2.23. The molecular weight excluding hydrogens is 224 g/mol. The number of hydrogen-bond donors (Lipinski definition) is 0. The predicted octanol–water partition coefficient (Wildman–Crippen LogP) is 1.05. The van der Waals surface area contributed by atoms with Crippen LogP contribution in [-0.4, -0.2) is 57.7 Å². The first-order chi connectivity index (χ1) is 7.68. The van der Waals surface area contributed by atoms with Crippen LogP contribution in [0.1, 0.15) is 25.7 Å². The van der Waals surface area contributed by atoms with Crippen LogP contribution >= 0.6 is 0 Å². The van der Waals surface area contributed by atoms with Gasteiger partial charge in [-0.15, -0.1) is 0 Å². The molecule has 0 spiro atoms. The van der Waals surface area contributed by atoms with Gasteiger partial charge in [0.1, 0.15) is 0 Å². The normalized spacial score (nSPS) is 23.7. The fourth-order valence-electron chi connectivity index (χ4n) is 2.50. The zero-order chi connectivity index (χ0) is 11.5. The maximum absolute atomic E-state index is 12.1. The molecular formula is C11H20N2O2S. The Morgan fingerprint density at radius 1 is 1.25 bits per heavy atom. The van der Waals surface area contributed by atoms with Crippen molar-refractivity contribution in [2.75, 3.05) is 31.6 Å². The molecule has 0 radical (unpaired) electrons. The molecule has 1 aliphatic carbocycles. The van der Waals surface area contributed by atoms with Crippen molar-refractivity contribution in [3.8, 4) is 0 Å². The zero-order valence-corrected chi connectivity index (χ0v) is 10.7. The van der Waals surface area contributed by atoms with Crippen molar-refractivity contribution in [3.05, 3.63) is 0 Å². The van der Waals surface area contributed by atoms with Gasteiger partial charge in [-0.25, -0.2) is 4.79 Å². The van der Waals surface area contributed by atoms with Gasteiger partial charge in [0.2, 0.25) is 0 Å². The molecule has 1 heterocycles. The van der Waals surface area contributed by atoms with Gasteiger partial charge in [-0.1, -0.05) is 12.8 Å². The Bertz CT molecular complexity index is 280. The van der Waals surface area contributed by atoms with Crippen molar-refractivity contribution >= 4 is 16.8 Å². The molecule has 0 aromatic rings. The second-order valence-electron chi connectivity index (χ2n) is 4.67. The lowest BCUT2D eigenvalue weighted by molar-refractivity contribution is 0.151. The molecule has 1 saturated carbocycles. The van der Waals surface area contributed by atoms with E-state index < -0.39 is 10.8 Å². The van der Waals surface area contributed by atoms with Crippen LogP contribution in [-0.2, 0) is 10.8 Å². The summed E-state index contributed by atoms with van der Waals surface area (Å²) in [6, 6.07) is 0.559. The summed E-state index contributed by atoms with van der Waals surface area (Å²) in [5.74, 6) is 1.29. The molecule has 0 bridgehead atoms. The summed E-state index contributed by atoms with van der Waals surface area (Å²) in [6.45, 7) is 1.31. The minimum Gasteiger partial charge on any atom is -0.325 e. The summed E-state index contributed by atoms with van der Waals surface area (Å²) >= 11 is 0. The molecule has 16 heavy (non-hydrogen) atoms. The molecule has 2 fully saturated rings. The van der Waals surface area contributed by atoms with Crippen LogP contribution in [0.5, 0.6) is 0 Å². The Morgan fingerprint density at radius 2 is 1.81 bits per heavy atom. The SMILES string of the molecule is CN(C(=O)N1CCS(=O)CC1)C1CCCC1. The number of carbonyl (C=O) groups excluding carboxylic acids is 1. The summed E-state index contributed by atoms with van der Waals surface area (Å²) in [7, 11) is 1.20. The van der Waals surface area contributed by atoms with Crippen LogP contribution in [0.3, 0.4) is 0 Å². The molecule has 1 saturated heterocycles. The molecule has 0 unspecified atom stereocenters. The second-order valence-corrected chi connectivity index (χ2v) is 6.36. The quantitative estimate of drug-likeness (QED) is 0.691. The molecule has 0 aromatic heterocycles. The average molecular weight is 244 g/mol. The molecule has 5 heteroatoms. The van der Waals surface area contributed by atoms with E-state index in [9.17, 15) is 9.00 Å². The lowest BCUT2D eigenvalue weighted by Crippen LogP contribution is -2.49. The van der Waals surface area contributed by atoms with Crippen molar-refractivity contribution in [1.29, 1.82) is 0 Å². The Labute approximate surface area is 99.4 Å². The van der Waals surface area contributed by atoms with Crippen molar-refractivity contribution in [2.45, 2.75) is 31.7 Å². The summed E-state index contributed by atoms with van der Waals surface area (Å²) < 4.78 is 11.2. The van der Waals surface area contributed by atoms with Gasteiger partial charge < -0.3 is 9.80 Å². The van der Waals surface area contributed by atoms with Crippen LogP contribution in [0.25, 0.3) is 0 Å². The van der Waals surface area contributed by atoms with Crippen LogP contribution in [0.2, 0.25) is 0 Å². The third-order valence-electron chi connectivity index (χ3n) is 3.62. The Morgan fingerprint density at radius 3 is 2.38 bits per heavy atom. The first kappa shape index (κ1) is 11.9. The molecule has 92 valence electrons. The number of rotatable bonds is 1. The van der Waals surface area contributed by atoms with E-state index in [2.05, 4.69) is 0 Å². The molecule has 1 aliphatic heterocycles. The first-order valence-electron chi connectivity index (χ1n) is 6.05. The zero-order valence-electron chi connectivity index (χ0n) is 9.85. The second kappa shape index (κ2) is 5.17. The van der Waals surface area contributed by atoms with Gasteiger partial charge in [-0.2, -0.15) is 0 Å². The highest BCUT2D eigenvalue weighted by molar-refractivity contribution is 7.85. The molecule has 2 rings (SSSR count). The maximum atomic E-state index is 12.1. The van der Waals surface area contributed by atoms with Crippen molar-refractivity contribution in [3.63, 3.8) is 0 Å². The van der Waals surface area contributed by atoms with Gasteiger partial charge in [0, 0.05) is 48.5 Å². The van der Waals surface area contributed by atoms with Crippen LogP contribution in [0, 0.1) is 0 Å². The van der Waals surface area contributed by atoms with Gasteiger partial charge in [0.25, 0.3) is 0 Å². The standard InChI is InChI=1S/C11H20N2O2S/c1-12(10-4-2-3-5-10)11(14)13-6-8-16(15)9-7-13/h10H,2-9H2,1H3. The van der Waals surface area contributed by atoms with E-state index in [0.717, 1.165) is 12.8 Å². The maximum Gasteiger partial charge on any atom is 0.320 e. The van der Waals surface area contributed by atoms with E-state index in [-0.39, 0.29) is 6.03 Å². The van der Waals surface area contributed by atoms with E-state index in [1.165, 1.54) is 12.8 Å². The average Bonchev–Trinajstić information content (AvgIpc) is 2.81. The smallest absolute Gasteiger partial charge is 0.320 e. The number of carbonyl (C=O) groups is 1. The van der Waals surface area contributed by atoms with E-state index in [4.69, 9.17) is 0 Å². The first-order valence-corrected chi connectivity index (χ1v) is 7.54. The summed E-state index contributed by atoms with van der Waals surface area (Å²) in [5.41, 5.74) is 0. The Hall–Kier alpha value is -0.580. The summed E-state index contributed by atoms with van der Waals surface area (Å²) in [6.07, 6.45) is 4.77. The van der Waals surface area contributed by atoms with Gasteiger partial charge in [-0.05, 0) is 12.8 Å². The lowest BCUT2D eigenvalue weighted by atomic mass is 10.2. The Balaban J connectivity index is 1.88. The predicted molar refractivity (Wildman–Crippen MR) is 64.9 cm³/mol. The van der Waals surface area contributed by atoms with E-state index in [1.54, 1.807) is 0 Å². The molecule has 0 aromatic carbocycles. The van der Waals surface area contributed by atoms with Crippen molar-refractivity contribution in [1.82, 2.24) is 9.80 Å². The highest BCUT2D eigenvalue weighted by atomic mass is 32.2. The van der Waals surface area contributed by atoms with Crippen molar-refractivity contribution < 1.29 is 9.00 Å². The highest BCUT2D eigenvalue weighted by Gasteiger charge is 2.28. The molecule has 2 amide bonds. The fourth-order valence-corrected chi connectivity index (χ4v) is 3.55. The van der Waals surface area contributed by atoms with Crippen LogP contribution in [0.4, 0.5) is 4.79 Å². The third kappa shape index (κ3) is 2.56. The number of urea groups is 1. The molecule has 0 atom stereocenters.